The van der Waals surface area contributed by atoms with Crippen molar-refractivity contribution in [2.24, 2.45) is 11.8 Å². The Hall–Kier alpha value is -2.98. The highest BCUT2D eigenvalue weighted by Crippen LogP contribution is 2.12. The molecule has 0 saturated carbocycles. The Balaban J connectivity index is 2.82. The third-order valence-electron chi connectivity index (χ3n) is 5.11. The van der Waals surface area contributed by atoms with E-state index in [4.69, 9.17) is 18.9 Å². The van der Waals surface area contributed by atoms with E-state index in [1.165, 1.54) is 19.1 Å². The van der Waals surface area contributed by atoms with E-state index in [0.29, 0.717) is 12.1 Å². The van der Waals surface area contributed by atoms with Gasteiger partial charge in [-0.2, -0.15) is 0 Å². The maximum Gasteiger partial charge on any atom is 0.332 e. The monoisotopic (exact) mass is 480 g/mol. The fraction of sp³-hybridized carbons (Fsp3) is 0.583. The van der Waals surface area contributed by atoms with Crippen LogP contribution >= 0.6 is 0 Å². The van der Waals surface area contributed by atoms with Crippen molar-refractivity contribution in [1.82, 2.24) is 10.2 Å². The van der Waals surface area contributed by atoms with Crippen LogP contribution in [0.4, 0.5) is 0 Å². The third kappa shape index (κ3) is 10.8. The maximum atomic E-state index is 13.1. The lowest BCUT2D eigenvalue weighted by atomic mass is 9.97. The quantitative estimate of drug-likeness (QED) is 0.374. The Labute approximate surface area is 200 Å². The number of ether oxygens (including phenoxy) is 4. The number of benzene rings is 1. The lowest BCUT2D eigenvalue weighted by molar-refractivity contribution is -0.148. The lowest BCUT2D eigenvalue weighted by Crippen LogP contribution is -2.38. The molecule has 0 aliphatic heterocycles. The molecule has 10 nitrogen and oxygen atoms in total. The van der Waals surface area contributed by atoms with Crippen LogP contribution in [0.25, 0.3) is 0 Å². The first-order valence-corrected chi connectivity index (χ1v) is 11.1. The van der Waals surface area contributed by atoms with E-state index in [-0.39, 0.29) is 63.2 Å². The molecular weight excluding hydrogens is 444 g/mol. The van der Waals surface area contributed by atoms with Crippen LogP contribution < -0.4 is 5.32 Å². The van der Waals surface area contributed by atoms with Crippen LogP contribution in [-0.2, 0) is 39.9 Å². The number of nitrogens with one attached hydrogen (secondary N) is 1. The topological polar surface area (TPSA) is 120 Å². The Kier molecular flexibility index (Phi) is 13.5. The van der Waals surface area contributed by atoms with Crippen molar-refractivity contribution in [3.05, 3.63) is 35.4 Å². The average molecular weight is 481 g/mol. The van der Waals surface area contributed by atoms with E-state index in [9.17, 15) is 19.2 Å². The molecule has 0 aromatic heterocycles. The van der Waals surface area contributed by atoms with Crippen LogP contribution in [0.3, 0.4) is 0 Å². The summed E-state index contributed by atoms with van der Waals surface area (Å²) in [6.07, 6.45) is 0. The minimum Gasteiger partial charge on any atom is -0.462 e. The van der Waals surface area contributed by atoms with Crippen molar-refractivity contribution in [3.8, 4) is 0 Å². The van der Waals surface area contributed by atoms with Crippen molar-refractivity contribution < 1.29 is 38.1 Å². The highest BCUT2D eigenvalue weighted by molar-refractivity contribution is 5.94. The molecule has 2 amide bonds. The Bertz CT molecular complexity index is 788. The zero-order valence-electron chi connectivity index (χ0n) is 20.6. The van der Waals surface area contributed by atoms with Gasteiger partial charge >= 0.3 is 11.9 Å². The van der Waals surface area contributed by atoms with E-state index in [0.717, 1.165) is 5.56 Å². The smallest absolute Gasteiger partial charge is 0.332 e. The molecule has 1 N–H and O–H groups in total. The van der Waals surface area contributed by atoms with Gasteiger partial charge in [0.15, 0.2) is 0 Å². The predicted molar refractivity (Wildman–Crippen MR) is 124 cm³/mol. The molecule has 190 valence electrons. The average Bonchev–Trinajstić information content (AvgIpc) is 2.81. The predicted octanol–water partition coefficient (Wildman–Crippen LogP) is 1.42. The SMILES string of the molecule is COCC(=O)OCCN(CCOC(=O)COC)C(=O)c1cccc(CNC(=O)[C@@H](C)C(C)C)c1. The molecular formula is C24H36N2O8. The van der Waals surface area contributed by atoms with Gasteiger partial charge in [0.2, 0.25) is 5.91 Å². The van der Waals surface area contributed by atoms with Crippen LogP contribution in [0.5, 0.6) is 0 Å². The molecule has 10 heteroatoms. The molecule has 1 atom stereocenters. The van der Waals surface area contributed by atoms with Crippen LogP contribution in [0.15, 0.2) is 24.3 Å². The van der Waals surface area contributed by atoms with Gasteiger partial charge in [0.25, 0.3) is 5.91 Å². The van der Waals surface area contributed by atoms with Gasteiger partial charge in [0.05, 0.1) is 13.1 Å². The van der Waals surface area contributed by atoms with E-state index in [1.54, 1.807) is 18.2 Å². The second-order valence-electron chi connectivity index (χ2n) is 8.05. The van der Waals surface area contributed by atoms with Crippen LogP contribution in [0, 0.1) is 11.8 Å². The normalized spacial score (nSPS) is 11.6. The van der Waals surface area contributed by atoms with Crippen LogP contribution in [-0.4, -0.2) is 82.4 Å². The molecule has 0 fully saturated rings. The first kappa shape index (κ1) is 29.1. The number of methoxy groups -OCH3 is 2. The minimum atomic E-state index is -0.546. The van der Waals surface area contributed by atoms with Gasteiger partial charge in [-0.15, -0.1) is 0 Å². The van der Waals surface area contributed by atoms with Crippen molar-refractivity contribution in [1.29, 1.82) is 0 Å². The highest BCUT2D eigenvalue weighted by atomic mass is 16.6. The van der Waals surface area contributed by atoms with Gasteiger partial charge in [0, 0.05) is 32.2 Å². The second kappa shape index (κ2) is 15.8. The zero-order chi connectivity index (χ0) is 25.5. The summed E-state index contributed by atoms with van der Waals surface area (Å²) in [5, 5.41) is 2.89. The van der Waals surface area contributed by atoms with Gasteiger partial charge < -0.3 is 29.2 Å². The van der Waals surface area contributed by atoms with Gasteiger partial charge in [-0.05, 0) is 23.6 Å². The number of nitrogens with zero attached hydrogens (tertiary/aromatic N) is 1. The summed E-state index contributed by atoms with van der Waals surface area (Å²) in [6, 6.07) is 6.91. The number of hydrogen-bond donors (Lipinski definition) is 1. The standard InChI is InChI=1S/C24H36N2O8/c1-17(2)18(3)23(29)25-14-19-7-6-8-20(13-19)24(30)26(9-11-33-21(27)15-31-4)10-12-34-22(28)16-32-5/h6-8,13,17-18H,9-12,14-16H2,1-5H3,(H,25,29)/t18-/m0/s1. The number of carbonyl (C=O) groups excluding carboxylic acids is 4. The molecule has 0 radical (unpaired) electrons. The molecule has 1 rings (SSSR count). The van der Waals surface area contributed by atoms with Gasteiger partial charge in [0.1, 0.15) is 26.4 Å². The molecule has 34 heavy (non-hydrogen) atoms. The molecule has 0 aliphatic carbocycles. The largest absolute Gasteiger partial charge is 0.462 e. The molecule has 0 aliphatic rings. The summed E-state index contributed by atoms with van der Waals surface area (Å²) >= 11 is 0. The summed E-state index contributed by atoms with van der Waals surface area (Å²) < 4.78 is 19.6. The number of carbonyl (C=O) groups is 4. The van der Waals surface area contributed by atoms with Crippen molar-refractivity contribution in [3.63, 3.8) is 0 Å². The van der Waals surface area contributed by atoms with Crippen molar-refractivity contribution >= 4 is 23.8 Å². The Morgan fingerprint density at radius 1 is 0.912 bits per heavy atom. The first-order valence-electron chi connectivity index (χ1n) is 11.1. The Morgan fingerprint density at radius 2 is 1.47 bits per heavy atom. The molecule has 0 bridgehead atoms. The number of rotatable bonds is 15. The number of amides is 2. The van der Waals surface area contributed by atoms with Gasteiger partial charge in [-0.25, -0.2) is 9.59 Å². The summed E-state index contributed by atoms with van der Waals surface area (Å²) in [6.45, 7) is 5.88. The summed E-state index contributed by atoms with van der Waals surface area (Å²) in [7, 11) is 2.76. The van der Waals surface area contributed by atoms with Gasteiger partial charge in [-0.1, -0.05) is 32.9 Å². The van der Waals surface area contributed by atoms with Crippen LogP contribution in [0.2, 0.25) is 0 Å². The molecule has 0 unspecified atom stereocenters. The molecule has 0 spiro atoms. The number of esters is 2. The highest BCUT2D eigenvalue weighted by Gasteiger charge is 2.19. The molecule has 0 saturated heterocycles. The van der Waals surface area contributed by atoms with Crippen molar-refractivity contribution in [2.75, 3.05) is 53.7 Å². The van der Waals surface area contributed by atoms with Gasteiger partial charge in [-0.3, -0.25) is 9.59 Å². The number of hydrogen-bond acceptors (Lipinski definition) is 8. The maximum absolute atomic E-state index is 13.1. The van der Waals surface area contributed by atoms with E-state index < -0.39 is 11.9 Å². The minimum absolute atomic E-state index is 0.0389. The Morgan fingerprint density at radius 3 is 1.97 bits per heavy atom. The lowest BCUT2D eigenvalue weighted by Gasteiger charge is -2.23. The van der Waals surface area contributed by atoms with Crippen LogP contribution in [0.1, 0.15) is 36.7 Å². The molecule has 0 heterocycles. The summed E-state index contributed by atoms with van der Waals surface area (Å²) in [4.78, 5) is 49.9. The third-order valence-corrected chi connectivity index (χ3v) is 5.11. The summed E-state index contributed by atoms with van der Waals surface area (Å²) in [5.41, 5.74) is 1.17. The fourth-order valence-electron chi connectivity index (χ4n) is 2.82. The van der Waals surface area contributed by atoms with Crippen molar-refractivity contribution in [2.45, 2.75) is 27.3 Å². The van der Waals surface area contributed by atoms with E-state index >= 15 is 0 Å². The zero-order valence-corrected chi connectivity index (χ0v) is 20.6. The second-order valence-corrected chi connectivity index (χ2v) is 8.05. The molecule has 1 aromatic rings. The molecule has 1 aromatic carbocycles. The van der Waals surface area contributed by atoms with E-state index in [2.05, 4.69) is 5.32 Å². The fourth-order valence-corrected chi connectivity index (χ4v) is 2.82. The van der Waals surface area contributed by atoms with E-state index in [1.807, 2.05) is 26.8 Å². The summed E-state index contributed by atoms with van der Waals surface area (Å²) in [5.74, 6) is -1.37. The first-order chi connectivity index (χ1) is 16.2.